The van der Waals surface area contributed by atoms with Crippen molar-refractivity contribution in [3.8, 4) is 5.75 Å². The molecule has 1 saturated heterocycles. The van der Waals surface area contributed by atoms with Gasteiger partial charge in [0.1, 0.15) is 11.8 Å². The molecular weight excluding hydrogens is 769 g/mol. The number of carbonyl (C=O) groups is 1. The van der Waals surface area contributed by atoms with Crippen LogP contribution in [0.5, 0.6) is 5.75 Å². The number of rotatable bonds is 15. The molecule has 0 radical (unpaired) electrons. The summed E-state index contributed by atoms with van der Waals surface area (Å²) >= 11 is 1.64. The summed E-state index contributed by atoms with van der Waals surface area (Å²) in [5, 5.41) is 22.5. The molecule has 0 aromatic heterocycles. The summed E-state index contributed by atoms with van der Waals surface area (Å²) in [5.41, 5.74) is 6.20. The van der Waals surface area contributed by atoms with Crippen LogP contribution in [0.25, 0.3) is 0 Å². The molecule has 1 aliphatic heterocycles. The van der Waals surface area contributed by atoms with Gasteiger partial charge < -0.3 is 25.0 Å². The summed E-state index contributed by atoms with van der Waals surface area (Å²) in [6, 6.07) is 47.5. The maximum Gasteiger partial charge on any atom is 0.241 e. The van der Waals surface area contributed by atoms with E-state index in [9.17, 15) is 23.4 Å². The number of hydrogen-bond acceptors (Lipinski definition) is 8. The third-order valence-corrected chi connectivity index (χ3v) is 12.8. The fraction of sp³-hybridized carbons (Fsp3) is 0.213. The van der Waals surface area contributed by atoms with Crippen LogP contribution < -0.4 is 10.0 Å². The first-order chi connectivity index (χ1) is 28.1. The van der Waals surface area contributed by atoms with Crippen LogP contribution in [-0.2, 0) is 43.9 Å². The van der Waals surface area contributed by atoms with Gasteiger partial charge in [0.05, 0.1) is 23.7 Å². The van der Waals surface area contributed by atoms with E-state index in [1.807, 2.05) is 116 Å². The van der Waals surface area contributed by atoms with Crippen molar-refractivity contribution < 1.29 is 32.9 Å². The fourth-order valence-corrected chi connectivity index (χ4v) is 9.15. The van der Waals surface area contributed by atoms with E-state index in [2.05, 4.69) is 22.2 Å². The number of benzene rings is 6. The summed E-state index contributed by atoms with van der Waals surface area (Å²) in [7, 11) is -3.98. The molecule has 58 heavy (non-hydrogen) atoms. The van der Waals surface area contributed by atoms with Gasteiger partial charge in [-0.15, -0.1) is 11.8 Å². The molecule has 6 aromatic rings. The van der Waals surface area contributed by atoms with Gasteiger partial charge in [-0.3, -0.25) is 4.79 Å². The minimum absolute atomic E-state index is 0.0604. The Balaban J connectivity index is 1.10. The van der Waals surface area contributed by atoms with Crippen LogP contribution in [0.4, 0.5) is 0 Å². The Bertz CT molecular complexity index is 2340. The van der Waals surface area contributed by atoms with Gasteiger partial charge in [0.25, 0.3) is 0 Å². The molecule has 0 aliphatic carbocycles. The summed E-state index contributed by atoms with van der Waals surface area (Å²) in [6.07, 6.45) is -1.22. The molecule has 7 rings (SSSR count). The van der Waals surface area contributed by atoms with Crippen molar-refractivity contribution in [2.45, 2.75) is 66.7 Å². The van der Waals surface area contributed by atoms with E-state index in [0.29, 0.717) is 5.75 Å². The summed E-state index contributed by atoms with van der Waals surface area (Å²) in [6.45, 7) is 1.99. The van der Waals surface area contributed by atoms with Crippen LogP contribution in [-0.4, -0.2) is 42.4 Å². The number of nitrogens with one attached hydrogen (secondary N) is 2. The highest BCUT2D eigenvalue weighted by Crippen LogP contribution is 2.48. The number of sulfonamides is 1. The van der Waals surface area contributed by atoms with Crippen molar-refractivity contribution in [1.29, 1.82) is 0 Å². The summed E-state index contributed by atoms with van der Waals surface area (Å²) in [4.78, 5) is 14.8. The molecule has 1 heterocycles. The van der Waals surface area contributed by atoms with E-state index >= 15 is 0 Å². The van der Waals surface area contributed by atoms with Crippen molar-refractivity contribution in [3.05, 3.63) is 197 Å². The van der Waals surface area contributed by atoms with Gasteiger partial charge in [0.15, 0.2) is 6.29 Å². The van der Waals surface area contributed by atoms with Gasteiger partial charge in [0, 0.05) is 28.7 Å². The monoisotopic (exact) mass is 814 g/mol. The Hall–Kier alpha value is -5.27. The third kappa shape index (κ3) is 10.4. The van der Waals surface area contributed by atoms with Crippen molar-refractivity contribution in [2.75, 3.05) is 5.75 Å². The van der Waals surface area contributed by atoms with Gasteiger partial charge >= 0.3 is 0 Å². The average Bonchev–Trinajstić information content (AvgIpc) is 3.25. The molecule has 1 amide bonds. The van der Waals surface area contributed by atoms with Gasteiger partial charge in [-0.2, -0.15) is 4.72 Å². The number of thioether (sulfide) groups is 1. The van der Waals surface area contributed by atoms with E-state index in [-0.39, 0.29) is 48.3 Å². The van der Waals surface area contributed by atoms with Crippen LogP contribution in [0.2, 0.25) is 0 Å². The zero-order valence-corrected chi connectivity index (χ0v) is 33.6. The molecule has 1 aliphatic rings. The molecular formula is C47H46N2O7S2. The number of hydrogen-bond donors (Lipinski definition) is 4. The lowest BCUT2D eigenvalue weighted by Crippen LogP contribution is -2.47. The maximum atomic E-state index is 13.7. The molecule has 6 aromatic carbocycles. The summed E-state index contributed by atoms with van der Waals surface area (Å²) in [5.74, 6) is 0.206. The lowest BCUT2D eigenvalue weighted by Gasteiger charge is -2.43. The first-order valence-corrected chi connectivity index (χ1v) is 21.6. The number of amides is 1. The lowest BCUT2D eigenvalue weighted by atomic mass is 9.84. The van der Waals surface area contributed by atoms with Crippen LogP contribution in [0.3, 0.4) is 0 Å². The number of phenols is 1. The fourth-order valence-electron chi connectivity index (χ4n) is 6.99. The third-order valence-electron chi connectivity index (χ3n) is 10.2. The number of aromatic hydroxyl groups is 1. The lowest BCUT2D eigenvalue weighted by molar-refractivity contribution is -0.255. The van der Waals surface area contributed by atoms with Gasteiger partial charge in [-0.1, -0.05) is 127 Å². The predicted octanol–water partition coefficient (Wildman–Crippen LogP) is 8.13. The highest BCUT2D eigenvalue weighted by Gasteiger charge is 2.42. The van der Waals surface area contributed by atoms with Crippen molar-refractivity contribution >= 4 is 27.7 Å². The molecule has 5 unspecified atom stereocenters. The van der Waals surface area contributed by atoms with Crippen molar-refractivity contribution in [2.24, 2.45) is 0 Å². The minimum atomic E-state index is -3.98. The van der Waals surface area contributed by atoms with Crippen molar-refractivity contribution in [1.82, 2.24) is 10.0 Å². The smallest absolute Gasteiger partial charge is 0.241 e. The quantitative estimate of drug-likeness (QED) is 0.0765. The molecule has 5 atom stereocenters. The molecule has 11 heteroatoms. The van der Waals surface area contributed by atoms with E-state index < -0.39 is 28.3 Å². The maximum absolute atomic E-state index is 13.7. The normalized spacial score (nSPS) is 18.7. The van der Waals surface area contributed by atoms with E-state index in [0.717, 1.165) is 43.8 Å². The molecule has 0 saturated carbocycles. The Kier molecular flexibility index (Phi) is 13.4. The second-order valence-corrected chi connectivity index (χ2v) is 17.1. The van der Waals surface area contributed by atoms with Gasteiger partial charge in [-0.25, -0.2) is 8.42 Å². The number of ether oxygens (including phenoxy) is 2. The average molecular weight is 815 g/mol. The van der Waals surface area contributed by atoms with Crippen LogP contribution >= 0.6 is 11.8 Å². The largest absolute Gasteiger partial charge is 0.508 e. The van der Waals surface area contributed by atoms with Crippen LogP contribution in [0.15, 0.2) is 168 Å². The van der Waals surface area contributed by atoms with Crippen molar-refractivity contribution in [3.63, 3.8) is 0 Å². The highest BCUT2D eigenvalue weighted by molar-refractivity contribution is 7.99. The second kappa shape index (κ2) is 19.0. The zero-order valence-electron chi connectivity index (χ0n) is 32.0. The first kappa shape index (κ1) is 40.9. The number of aliphatic hydroxyl groups excluding tert-OH is 1. The molecule has 298 valence electrons. The SMILES string of the molecule is Cc1ccc(S(=O)(=O)NC(Cc2ccccc2)C(=O)NCc2ccc(C3OC(CSc4ccc(O)cc4)C(c4ccccc4)C(c4ccc(CO)cc4)O3)cc2)cc1. The second-order valence-electron chi connectivity index (χ2n) is 14.3. The van der Waals surface area contributed by atoms with E-state index in [1.165, 1.54) is 12.1 Å². The zero-order chi connectivity index (χ0) is 40.5. The molecule has 4 N–H and O–H groups in total. The standard InChI is InChI=1S/C47H46N2O7S2/c1-32-12-26-41(27-13-32)58(53,54)49-42(28-33-8-4-2-5-9-33)46(52)48-29-34-14-20-38(21-15-34)47-55-43(31-57-40-24-22-39(51)23-25-40)44(36-10-6-3-7-11-36)45(56-47)37-18-16-35(30-50)17-19-37/h2-27,42-45,47,49-51H,28-31H2,1H3,(H,48,52). The van der Waals surface area contributed by atoms with Crippen LogP contribution in [0.1, 0.15) is 57.3 Å². The summed E-state index contributed by atoms with van der Waals surface area (Å²) < 4.78 is 43.0. The predicted molar refractivity (Wildman–Crippen MR) is 226 cm³/mol. The topological polar surface area (TPSA) is 134 Å². The van der Waals surface area contributed by atoms with E-state index in [1.54, 1.807) is 36.0 Å². The Morgan fingerprint density at radius 3 is 1.98 bits per heavy atom. The van der Waals surface area contributed by atoms with E-state index in [4.69, 9.17) is 9.47 Å². The number of phenolic OH excluding ortho intramolecular Hbond substituents is 1. The molecule has 0 bridgehead atoms. The Morgan fingerprint density at radius 2 is 1.33 bits per heavy atom. The first-order valence-electron chi connectivity index (χ1n) is 19.1. The minimum Gasteiger partial charge on any atom is -0.508 e. The van der Waals surface area contributed by atoms with Gasteiger partial charge in [-0.05, 0) is 77.6 Å². The molecule has 1 fully saturated rings. The highest BCUT2D eigenvalue weighted by atomic mass is 32.2. The number of carbonyl (C=O) groups excluding carboxylic acids is 1. The number of aliphatic hydroxyl groups is 1. The molecule has 0 spiro atoms. The number of aryl methyl sites for hydroxylation is 1. The van der Waals surface area contributed by atoms with Gasteiger partial charge in [0.2, 0.25) is 15.9 Å². The molecule has 9 nitrogen and oxygen atoms in total. The Morgan fingerprint density at radius 1 is 0.707 bits per heavy atom. The Labute approximate surface area is 344 Å². The van der Waals surface area contributed by atoms with Crippen LogP contribution in [0, 0.1) is 6.92 Å².